The molecule has 2 N–H and O–H groups in total. The number of rotatable bonds is 5. The maximum Gasteiger partial charge on any atom is 0.323 e. The van der Waals surface area contributed by atoms with E-state index in [0.717, 1.165) is 12.8 Å². The van der Waals surface area contributed by atoms with Gasteiger partial charge in [0.05, 0.1) is 24.4 Å². The van der Waals surface area contributed by atoms with Crippen LogP contribution in [0.5, 0.6) is 0 Å². The highest BCUT2D eigenvalue weighted by molar-refractivity contribution is 6.10. The van der Waals surface area contributed by atoms with E-state index in [-0.39, 0.29) is 36.3 Å². The van der Waals surface area contributed by atoms with Crippen LogP contribution in [-0.4, -0.2) is 48.4 Å². The van der Waals surface area contributed by atoms with Gasteiger partial charge in [0.15, 0.2) is 0 Å². The molecule has 0 aromatic heterocycles. The molecule has 2 fully saturated rings. The Bertz CT molecular complexity index is 915. The first-order valence-corrected chi connectivity index (χ1v) is 9.78. The van der Waals surface area contributed by atoms with Crippen molar-refractivity contribution in [1.82, 2.24) is 4.90 Å². The van der Waals surface area contributed by atoms with Gasteiger partial charge >= 0.3 is 5.97 Å². The molecule has 0 radical (unpaired) electrons. The highest BCUT2D eigenvalue weighted by atomic mass is 16.5. The Morgan fingerprint density at radius 1 is 1.00 bits per heavy atom. The minimum Gasteiger partial charge on any atom is -0.465 e. The molecule has 7 heteroatoms. The van der Waals surface area contributed by atoms with Gasteiger partial charge in [0.2, 0.25) is 5.91 Å². The van der Waals surface area contributed by atoms with E-state index in [4.69, 9.17) is 4.74 Å². The predicted octanol–water partition coefficient (Wildman–Crippen LogP) is 2.51. The fourth-order valence-corrected chi connectivity index (χ4v) is 4.03. The second kappa shape index (κ2) is 8.45. The van der Waals surface area contributed by atoms with Crippen LogP contribution in [0.15, 0.2) is 54.6 Å². The van der Waals surface area contributed by atoms with Crippen molar-refractivity contribution in [2.75, 3.05) is 30.3 Å². The summed E-state index contributed by atoms with van der Waals surface area (Å²) in [5.41, 5.74) is 1.49. The summed E-state index contributed by atoms with van der Waals surface area (Å²) in [7, 11) is 0. The van der Waals surface area contributed by atoms with E-state index >= 15 is 0 Å². The summed E-state index contributed by atoms with van der Waals surface area (Å²) in [6.07, 6.45) is 1.74. The lowest BCUT2D eigenvalue weighted by molar-refractivity contribution is -0.155. The summed E-state index contributed by atoms with van der Waals surface area (Å²) < 4.78 is 5.16. The van der Waals surface area contributed by atoms with Crippen molar-refractivity contribution in [3.05, 3.63) is 60.2 Å². The molecule has 4 rings (SSSR count). The smallest absolute Gasteiger partial charge is 0.323 e. The van der Waals surface area contributed by atoms with E-state index in [1.54, 1.807) is 36.4 Å². The van der Waals surface area contributed by atoms with Gasteiger partial charge in [0, 0.05) is 5.69 Å². The van der Waals surface area contributed by atoms with Gasteiger partial charge in [-0.25, -0.2) is 0 Å². The first-order valence-electron chi connectivity index (χ1n) is 9.78. The van der Waals surface area contributed by atoms with Gasteiger partial charge in [0.1, 0.15) is 6.04 Å². The van der Waals surface area contributed by atoms with Crippen LogP contribution in [-0.2, 0) is 14.3 Å². The Kier molecular flexibility index (Phi) is 5.57. The summed E-state index contributed by atoms with van der Waals surface area (Å²) >= 11 is 0. The number of nitrogens with zero attached hydrogens (tertiary/aromatic N) is 1. The minimum absolute atomic E-state index is 0.0882. The predicted molar refractivity (Wildman–Crippen MR) is 109 cm³/mol. The molecule has 0 bridgehead atoms. The molecular formula is C22H23N3O4. The van der Waals surface area contributed by atoms with Crippen LogP contribution < -0.4 is 10.6 Å². The fraction of sp³-hybridized carbons (Fsp3) is 0.318. The third-order valence-corrected chi connectivity index (χ3v) is 5.43. The van der Waals surface area contributed by atoms with Gasteiger partial charge in [0.25, 0.3) is 5.91 Å². The standard InChI is InChI=1S/C22H23N3O4/c26-19(14-25-12-10-15-11-13-29-22(28)20(15)25)24-18-9-5-4-8-17(18)21(27)23-16-6-2-1-3-7-16/h1-9,15,20H,10-14H2,(H,23,27)(H,24,26)/t15-,20-/m1/s1. The number of carbonyl (C=O) groups is 3. The monoisotopic (exact) mass is 393 g/mol. The molecule has 0 unspecified atom stereocenters. The number of nitrogens with one attached hydrogen (secondary N) is 2. The Balaban J connectivity index is 1.42. The molecule has 2 aliphatic heterocycles. The maximum atomic E-state index is 12.7. The van der Waals surface area contributed by atoms with Crippen LogP contribution in [0.25, 0.3) is 0 Å². The van der Waals surface area contributed by atoms with Crippen LogP contribution in [0.1, 0.15) is 23.2 Å². The van der Waals surface area contributed by atoms with E-state index in [2.05, 4.69) is 10.6 Å². The third kappa shape index (κ3) is 4.30. The van der Waals surface area contributed by atoms with Crippen molar-refractivity contribution in [2.24, 2.45) is 5.92 Å². The zero-order chi connectivity index (χ0) is 20.2. The van der Waals surface area contributed by atoms with Gasteiger partial charge in [-0.05, 0) is 49.6 Å². The maximum absolute atomic E-state index is 12.7. The highest BCUT2D eigenvalue weighted by Crippen LogP contribution is 2.31. The molecule has 2 atom stereocenters. The number of fused-ring (bicyclic) bond motifs is 1. The van der Waals surface area contributed by atoms with Crippen molar-refractivity contribution >= 4 is 29.2 Å². The van der Waals surface area contributed by atoms with Gasteiger partial charge in [-0.15, -0.1) is 0 Å². The molecule has 150 valence electrons. The minimum atomic E-state index is -0.342. The summed E-state index contributed by atoms with van der Waals surface area (Å²) in [5.74, 6) is -0.546. The van der Waals surface area contributed by atoms with Crippen LogP contribution in [0.4, 0.5) is 11.4 Å². The molecule has 2 saturated heterocycles. The number of ether oxygens (including phenoxy) is 1. The fourth-order valence-electron chi connectivity index (χ4n) is 4.03. The number of hydrogen-bond acceptors (Lipinski definition) is 5. The lowest BCUT2D eigenvalue weighted by atomic mass is 9.95. The van der Waals surface area contributed by atoms with Crippen molar-refractivity contribution in [3.8, 4) is 0 Å². The number of likely N-dealkylation sites (tertiary alicyclic amines) is 1. The molecule has 2 aromatic rings. The second-order valence-corrected chi connectivity index (χ2v) is 7.33. The molecule has 2 heterocycles. The number of cyclic esters (lactones) is 1. The van der Waals surface area contributed by atoms with Crippen LogP contribution in [0.3, 0.4) is 0 Å². The summed E-state index contributed by atoms with van der Waals surface area (Å²) in [4.78, 5) is 39.3. The molecule has 0 spiro atoms. The lowest BCUT2D eigenvalue weighted by Gasteiger charge is -2.29. The average Bonchev–Trinajstić information content (AvgIpc) is 3.13. The second-order valence-electron chi connectivity index (χ2n) is 7.33. The largest absolute Gasteiger partial charge is 0.465 e. The molecule has 2 amide bonds. The molecule has 0 aliphatic carbocycles. The summed E-state index contributed by atoms with van der Waals surface area (Å²) in [6, 6.07) is 15.7. The van der Waals surface area contributed by atoms with E-state index in [9.17, 15) is 14.4 Å². The van der Waals surface area contributed by atoms with Crippen molar-refractivity contribution in [3.63, 3.8) is 0 Å². The molecule has 0 saturated carbocycles. The first-order chi connectivity index (χ1) is 14.1. The van der Waals surface area contributed by atoms with Crippen molar-refractivity contribution < 1.29 is 19.1 Å². The topological polar surface area (TPSA) is 87.7 Å². The number of benzene rings is 2. The summed E-state index contributed by atoms with van der Waals surface area (Å²) in [6.45, 7) is 1.24. The number of amides is 2. The van der Waals surface area contributed by atoms with E-state index in [0.29, 0.717) is 30.1 Å². The van der Waals surface area contributed by atoms with Gasteiger partial charge in [-0.1, -0.05) is 30.3 Å². The Labute approximate surface area is 169 Å². The van der Waals surface area contributed by atoms with E-state index < -0.39 is 0 Å². The normalized spacial score (nSPS) is 21.2. The molecule has 2 aromatic carbocycles. The van der Waals surface area contributed by atoms with Crippen molar-refractivity contribution in [1.29, 1.82) is 0 Å². The number of esters is 1. The van der Waals surface area contributed by atoms with Crippen LogP contribution in [0, 0.1) is 5.92 Å². The Morgan fingerprint density at radius 2 is 1.76 bits per heavy atom. The number of para-hydroxylation sites is 2. The number of carbonyl (C=O) groups excluding carboxylic acids is 3. The SMILES string of the molecule is O=C(CN1CC[C@@H]2CCOC(=O)[C@@H]21)Nc1ccccc1C(=O)Nc1ccccc1. The highest BCUT2D eigenvalue weighted by Gasteiger charge is 2.43. The zero-order valence-corrected chi connectivity index (χ0v) is 16.0. The van der Waals surface area contributed by atoms with Gasteiger partial charge in [-0.2, -0.15) is 0 Å². The van der Waals surface area contributed by atoms with E-state index in [1.807, 2.05) is 23.1 Å². The van der Waals surface area contributed by atoms with Crippen LogP contribution >= 0.6 is 0 Å². The molecule has 2 aliphatic rings. The average molecular weight is 393 g/mol. The Morgan fingerprint density at radius 3 is 2.59 bits per heavy atom. The number of anilines is 2. The van der Waals surface area contributed by atoms with Gasteiger partial charge in [-0.3, -0.25) is 19.3 Å². The Hall–Kier alpha value is -3.19. The molecule has 29 heavy (non-hydrogen) atoms. The van der Waals surface area contributed by atoms with Crippen molar-refractivity contribution in [2.45, 2.75) is 18.9 Å². The van der Waals surface area contributed by atoms with E-state index in [1.165, 1.54) is 0 Å². The third-order valence-electron chi connectivity index (χ3n) is 5.43. The number of hydrogen-bond donors (Lipinski definition) is 2. The zero-order valence-electron chi connectivity index (χ0n) is 16.0. The van der Waals surface area contributed by atoms with Crippen LogP contribution in [0.2, 0.25) is 0 Å². The molecular weight excluding hydrogens is 370 g/mol. The quantitative estimate of drug-likeness (QED) is 0.762. The molecule has 7 nitrogen and oxygen atoms in total. The first kappa shape index (κ1) is 19.1. The lowest BCUT2D eigenvalue weighted by Crippen LogP contribution is -2.46. The van der Waals surface area contributed by atoms with Gasteiger partial charge < -0.3 is 15.4 Å². The summed E-state index contributed by atoms with van der Waals surface area (Å²) in [5, 5.41) is 5.65.